The first-order valence-electron chi connectivity index (χ1n) is 9.19. The van der Waals surface area contributed by atoms with Gasteiger partial charge in [-0.05, 0) is 34.5 Å². The molecule has 0 saturated carbocycles. The molecule has 0 N–H and O–H groups in total. The van der Waals surface area contributed by atoms with Crippen LogP contribution < -0.4 is 0 Å². The molecule has 4 aromatic rings. The van der Waals surface area contributed by atoms with Gasteiger partial charge < -0.3 is 4.90 Å². The summed E-state index contributed by atoms with van der Waals surface area (Å²) < 4.78 is 28.0. The lowest BCUT2D eigenvalue weighted by Gasteiger charge is -2.16. The van der Waals surface area contributed by atoms with Gasteiger partial charge in [0, 0.05) is 13.1 Å². The predicted molar refractivity (Wildman–Crippen MR) is 110 cm³/mol. The number of rotatable bonds is 5. The van der Waals surface area contributed by atoms with Gasteiger partial charge in [0.2, 0.25) is 5.91 Å². The van der Waals surface area contributed by atoms with E-state index in [2.05, 4.69) is 4.98 Å². The molecule has 29 heavy (non-hydrogen) atoms. The molecule has 0 saturated heterocycles. The van der Waals surface area contributed by atoms with Crippen molar-refractivity contribution in [1.82, 2.24) is 14.5 Å². The molecular formula is C23H19F2N3O. The number of benzene rings is 3. The molecule has 4 rings (SSSR count). The maximum absolute atomic E-state index is 13.6. The molecule has 0 aliphatic carbocycles. The second kappa shape index (κ2) is 7.83. The van der Waals surface area contributed by atoms with Crippen LogP contribution in [0.2, 0.25) is 0 Å². The molecule has 3 aromatic carbocycles. The number of carbonyl (C=O) groups excluding carboxylic acids is 1. The summed E-state index contributed by atoms with van der Waals surface area (Å²) in [6.45, 7) is -2.75. The zero-order valence-corrected chi connectivity index (χ0v) is 15.8. The van der Waals surface area contributed by atoms with Crippen LogP contribution in [-0.2, 0) is 11.3 Å². The Balaban J connectivity index is 1.57. The van der Waals surface area contributed by atoms with Gasteiger partial charge in [0.25, 0.3) is 0 Å². The minimum atomic E-state index is -2.73. The van der Waals surface area contributed by atoms with Crippen molar-refractivity contribution >= 4 is 33.8 Å². The number of aromatic nitrogens is 2. The number of likely N-dealkylation sites (N-methyl/N-ethyl adjacent to an activating group) is 1. The number of alkyl halides is 2. The highest BCUT2D eigenvalue weighted by molar-refractivity contribution is 5.96. The van der Waals surface area contributed by atoms with Gasteiger partial charge in [-0.1, -0.05) is 54.6 Å². The standard InChI is InChI=1S/C23H19F2N3O/c1-27(15-21-26-19-11-4-5-12-20(19)28(21)23(24)25)22(29)14-13-17-9-6-8-16-7-2-3-10-18(16)17/h2-14,23H,15H2,1H3. The van der Waals surface area contributed by atoms with Crippen molar-refractivity contribution in [2.45, 2.75) is 13.1 Å². The van der Waals surface area contributed by atoms with Crippen molar-refractivity contribution in [3.8, 4) is 0 Å². The summed E-state index contributed by atoms with van der Waals surface area (Å²) in [5.74, 6) is -0.138. The molecule has 0 atom stereocenters. The van der Waals surface area contributed by atoms with Gasteiger partial charge in [0.1, 0.15) is 5.82 Å². The van der Waals surface area contributed by atoms with Crippen molar-refractivity contribution < 1.29 is 13.6 Å². The van der Waals surface area contributed by atoms with Gasteiger partial charge >= 0.3 is 6.55 Å². The largest absolute Gasteiger partial charge is 0.335 e. The molecule has 0 radical (unpaired) electrons. The fraction of sp³-hybridized carbons (Fsp3) is 0.130. The van der Waals surface area contributed by atoms with E-state index in [1.54, 1.807) is 37.4 Å². The van der Waals surface area contributed by atoms with E-state index in [0.717, 1.165) is 20.9 Å². The van der Waals surface area contributed by atoms with Gasteiger partial charge in [-0.2, -0.15) is 8.78 Å². The first-order chi connectivity index (χ1) is 14.0. The lowest BCUT2D eigenvalue weighted by Crippen LogP contribution is -2.26. The lowest BCUT2D eigenvalue weighted by atomic mass is 10.0. The van der Waals surface area contributed by atoms with E-state index in [1.807, 2.05) is 42.5 Å². The summed E-state index contributed by atoms with van der Waals surface area (Å²) in [4.78, 5) is 18.2. The summed E-state index contributed by atoms with van der Waals surface area (Å²) in [5, 5.41) is 2.13. The predicted octanol–water partition coefficient (Wildman–Crippen LogP) is 5.26. The lowest BCUT2D eigenvalue weighted by molar-refractivity contribution is -0.125. The van der Waals surface area contributed by atoms with Crippen molar-refractivity contribution in [2.75, 3.05) is 7.05 Å². The molecule has 146 valence electrons. The Morgan fingerprint density at radius 1 is 1.07 bits per heavy atom. The number of para-hydroxylation sites is 2. The molecule has 0 aliphatic rings. The SMILES string of the molecule is CN(Cc1nc2ccccc2n1C(F)F)C(=O)C=Cc1cccc2ccccc12. The summed E-state index contributed by atoms with van der Waals surface area (Å²) in [7, 11) is 1.57. The Labute approximate surface area is 166 Å². The van der Waals surface area contributed by atoms with E-state index in [-0.39, 0.29) is 18.3 Å². The molecule has 4 nitrogen and oxygen atoms in total. The van der Waals surface area contributed by atoms with Crippen LogP contribution in [0.25, 0.3) is 27.9 Å². The monoisotopic (exact) mass is 391 g/mol. The van der Waals surface area contributed by atoms with Crippen molar-refractivity contribution in [3.63, 3.8) is 0 Å². The molecule has 0 unspecified atom stereocenters. The Morgan fingerprint density at radius 2 is 1.79 bits per heavy atom. The topological polar surface area (TPSA) is 38.1 Å². The first kappa shape index (κ1) is 18.8. The molecule has 0 aliphatic heterocycles. The number of nitrogens with zero attached hydrogens (tertiary/aromatic N) is 3. The number of hydrogen-bond acceptors (Lipinski definition) is 2. The highest BCUT2D eigenvalue weighted by atomic mass is 19.3. The molecule has 1 heterocycles. The summed E-state index contributed by atoms with van der Waals surface area (Å²) >= 11 is 0. The van der Waals surface area contributed by atoms with Crippen LogP contribution in [0.15, 0.2) is 72.8 Å². The number of halogens is 2. The normalized spacial score (nSPS) is 11.7. The molecule has 1 amide bonds. The van der Waals surface area contributed by atoms with E-state index in [1.165, 1.54) is 11.0 Å². The number of fused-ring (bicyclic) bond motifs is 2. The molecule has 0 spiro atoms. The minimum Gasteiger partial charge on any atom is -0.335 e. The Kier molecular flexibility index (Phi) is 5.08. The maximum Gasteiger partial charge on any atom is 0.320 e. The van der Waals surface area contributed by atoms with Gasteiger partial charge in [-0.3, -0.25) is 9.36 Å². The quantitative estimate of drug-likeness (QED) is 0.436. The summed E-state index contributed by atoms with van der Waals surface area (Å²) in [6, 6.07) is 20.5. The summed E-state index contributed by atoms with van der Waals surface area (Å²) in [6.07, 6.45) is 3.20. The first-order valence-corrected chi connectivity index (χ1v) is 9.19. The van der Waals surface area contributed by atoms with Crippen LogP contribution >= 0.6 is 0 Å². The van der Waals surface area contributed by atoms with Crippen LogP contribution in [0, 0.1) is 0 Å². The van der Waals surface area contributed by atoms with Crippen LogP contribution in [-0.4, -0.2) is 27.4 Å². The minimum absolute atomic E-state index is 0.0161. The molecule has 0 bridgehead atoms. The van der Waals surface area contributed by atoms with Gasteiger partial charge in [0.05, 0.1) is 17.6 Å². The smallest absolute Gasteiger partial charge is 0.320 e. The third kappa shape index (κ3) is 3.74. The average Bonchev–Trinajstić information content (AvgIpc) is 3.09. The Morgan fingerprint density at radius 3 is 2.62 bits per heavy atom. The molecule has 6 heteroatoms. The second-order valence-electron chi connectivity index (χ2n) is 6.76. The molecular weight excluding hydrogens is 372 g/mol. The van der Waals surface area contributed by atoms with E-state index in [0.29, 0.717) is 11.0 Å². The Hall–Kier alpha value is -3.54. The summed E-state index contributed by atoms with van der Waals surface area (Å²) in [5.41, 5.74) is 1.75. The number of imidazole rings is 1. The number of amides is 1. The number of hydrogen-bond donors (Lipinski definition) is 0. The zero-order valence-electron chi connectivity index (χ0n) is 15.8. The fourth-order valence-corrected chi connectivity index (χ4v) is 3.40. The average molecular weight is 391 g/mol. The fourth-order valence-electron chi connectivity index (χ4n) is 3.40. The van der Waals surface area contributed by atoms with E-state index in [4.69, 9.17) is 0 Å². The van der Waals surface area contributed by atoms with Crippen molar-refractivity contribution in [3.05, 3.63) is 84.2 Å². The Bertz CT molecular complexity index is 1210. The van der Waals surface area contributed by atoms with Gasteiger partial charge in [-0.25, -0.2) is 4.98 Å². The van der Waals surface area contributed by atoms with Crippen molar-refractivity contribution in [2.24, 2.45) is 0 Å². The van der Waals surface area contributed by atoms with Crippen LogP contribution in [0.5, 0.6) is 0 Å². The van der Waals surface area contributed by atoms with E-state index in [9.17, 15) is 13.6 Å². The second-order valence-corrected chi connectivity index (χ2v) is 6.76. The third-order valence-corrected chi connectivity index (χ3v) is 4.85. The molecule has 1 aromatic heterocycles. The van der Waals surface area contributed by atoms with Crippen LogP contribution in [0.1, 0.15) is 17.9 Å². The highest BCUT2D eigenvalue weighted by Crippen LogP contribution is 2.24. The maximum atomic E-state index is 13.6. The van der Waals surface area contributed by atoms with E-state index < -0.39 is 6.55 Å². The third-order valence-electron chi connectivity index (χ3n) is 4.85. The number of carbonyl (C=O) groups is 1. The van der Waals surface area contributed by atoms with E-state index >= 15 is 0 Å². The van der Waals surface area contributed by atoms with Crippen LogP contribution in [0.3, 0.4) is 0 Å². The zero-order chi connectivity index (χ0) is 20.4. The van der Waals surface area contributed by atoms with Gasteiger partial charge in [0.15, 0.2) is 0 Å². The molecule has 0 fully saturated rings. The van der Waals surface area contributed by atoms with Crippen LogP contribution in [0.4, 0.5) is 8.78 Å². The highest BCUT2D eigenvalue weighted by Gasteiger charge is 2.19. The van der Waals surface area contributed by atoms with Gasteiger partial charge in [-0.15, -0.1) is 0 Å². The van der Waals surface area contributed by atoms with Crippen molar-refractivity contribution in [1.29, 1.82) is 0 Å².